The van der Waals surface area contributed by atoms with E-state index in [-0.39, 0.29) is 11.9 Å². The van der Waals surface area contributed by atoms with Crippen LogP contribution in [-0.2, 0) is 14.3 Å². The molecule has 3 aliphatic rings. The Kier molecular flexibility index (Phi) is 3.22. The summed E-state index contributed by atoms with van der Waals surface area (Å²) in [5.41, 5.74) is 0.192. The monoisotopic (exact) mass is 329 g/mol. The van der Waals surface area contributed by atoms with E-state index in [1.165, 1.54) is 0 Å². The Balaban J connectivity index is 1.63. The first-order valence-electron chi connectivity index (χ1n) is 8.01. The fourth-order valence-corrected chi connectivity index (χ4v) is 4.20. The van der Waals surface area contributed by atoms with Gasteiger partial charge in [0.1, 0.15) is 17.3 Å². The lowest BCUT2D eigenvalue weighted by atomic mass is 9.77. The van der Waals surface area contributed by atoms with Gasteiger partial charge in [0.25, 0.3) is 0 Å². The average Bonchev–Trinajstić information content (AvgIpc) is 3.22. The van der Waals surface area contributed by atoms with Gasteiger partial charge in [0.05, 0.1) is 31.7 Å². The molecule has 1 aromatic rings. The topological polar surface area (TPSA) is 76.1 Å². The Bertz CT molecular complexity index is 727. The van der Waals surface area contributed by atoms with Crippen LogP contribution < -0.4 is 4.74 Å². The third-order valence-corrected chi connectivity index (χ3v) is 5.48. The molecule has 2 fully saturated rings. The van der Waals surface area contributed by atoms with E-state index in [0.29, 0.717) is 6.54 Å². The number of hydrogen-bond donors (Lipinski definition) is 1. The Morgan fingerprint density at radius 3 is 2.75 bits per heavy atom. The van der Waals surface area contributed by atoms with Crippen molar-refractivity contribution in [2.45, 2.75) is 24.7 Å². The number of aliphatic carboxylic acids is 1. The predicted molar refractivity (Wildman–Crippen MR) is 84.5 cm³/mol. The van der Waals surface area contributed by atoms with Crippen LogP contribution in [0.15, 0.2) is 36.4 Å². The lowest BCUT2D eigenvalue weighted by Gasteiger charge is -2.27. The van der Waals surface area contributed by atoms with Gasteiger partial charge >= 0.3 is 5.97 Å². The zero-order valence-corrected chi connectivity index (χ0v) is 13.5. The molecule has 0 aliphatic carbocycles. The van der Waals surface area contributed by atoms with Crippen LogP contribution in [0, 0.1) is 11.8 Å². The average molecular weight is 329 g/mol. The van der Waals surface area contributed by atoms with Gasteiger partial charge in [0, 0.05) is 0 Å². The minimum Gasteiger partial charge on any atom is -0.497 e. The molecule has 2 bridgehead atoms. The van der Waals surface area contributed by atoms with Crippen LogP contribution in [0.1, 0.15) is 18.5 Å². The van der Waals surface area contributed by atoms with E-state index in [1.807, 2.05) is 37.3 Å². The van der Waals surface area contributed by atoms with Crippen LogP contribution in [0.5, 0.6) is 5.75 Å². The second-order valence-corrected chi connectivity index (χ2v) is 6.65. The standard InChI is InChI=1S/C18H19NO5/c1-10(11-3-5-12(23-2)6-4-11)19-9-18-8-7-13(24-18)14(17(21)22)15(18)16(19)20/h3-8,10,13-15H,9H2,1-2H3,(H,21,22)/t10-,13+,14-,15+,18-/m0/s1. The summed E-state index contributed by atoms with van der Waals surface area (Å²) in [6.45, 7) is 2.34. The number of amides is 1. The van der Waals surface area contributed by atoms with Crippen LogP contribution in [0.25, 0.3) is 0 Å². The zero-order chi connectivity index (χ0) is 17.1. The summed E-state index contributed by atoms with van der Waals surface area (Å²) in [5.74, 6) is -1.78. The van der Waals surface area contributed by atoms with Crippen LogP contribution in [-0.4, -0.2) is 47.2 Å². The molecule has 126 valence electrons. The van der Waals surface area contributed by atoms with Gasteiger partial charge in [-0.05, 0) is 24.6 Å². The number of methoxy groups -OCH3 is 1. The van der Waals surface area contributed by atoms with E-state index in [4.69, 9.17) is 9.47 Å². The van der Waals surface area contributed by atoms with E-state index in [2.05, 4.69) is 0 Å². The highest BCUT2D eigenvalue weighted by molar-refractivity contribution is 5.91. The van der Waals surface area contributed by atoms with Crippen molar-refractivity contribution in [1.29, 1.82) is 0 Å². The van der Waals surface area contributed by atoms with Crippen molar-refractivity contribution in [3.63, 3.8) is 0 Å². The number of rotatable bonds is 4. The number of hydrogen-bond acceptors (Lipinski definition) is 4. The molecule has 1 amide bonds. The smallest absolute Gasteiger partial charge is 0.310 e. The summed E-state index contributed by atoms with van der Waals surface area (Å²) in [6, 6.07) is 7.39. The predicted octanol–water partition coefficient (Wildman–Crippen LogP) is 1.62. The molecule has 0 radical (unpaired) electrons. The Morgan fingerprint density at radius 1 is 1.42 bits per heavy atom. The normalized spacial score (nSPS) is 34.5. The van der Waals surface area contributed by atoms with Crippen molar-refractivity contribution in [3.8, 4) is 5.75 Å². The molecule has 0 unspecified atom stereocenters. The maximum atomic E-state index is 12.9. The third kappa shape index (κ3) is 1.92. The molecule has 1 N–H and O–H groups in total. The van der Waals surface area contributed by atoms with Crippen LogP contribution in [0.4, 0.5) is 0 Å². The van der Waals surface area contributed by atoms with E-state index in [0.717, 1.165) is 11.3 Å². The molecular weight excluding hydrogens is 310 g/mol. The molecule has 2 saturated heterocycles. The van der Waals surface area contributed by atoms with E-state index >= 15 is 0 Å². The summed E-state index contributed by atoms with van der Waals surface area (Å²) in [7, 11) is 1.61. The molecule has 4 rings (SSSR count). The molecule has 3 heterocycles. The van der Waals surface area contributed by atoms with Gasteiger partial charge in [0.15, 0.2) is 0 Å². The van der Waals surface area contributed by atoms with Crippen molar-refractivity contribution in [2.75, 3.05) is 13.7 Å². The molecule has 24 heavy (non-hydrogen) atoms. The maximum Gasteiger partial charge on any atom is 0.310 e. The molecule has 3 aliphatic heterocycles. The Morgan fingerprint density at radius 2 is 2.12 bits per heavy atom. The van der Waals surface area contributed by atoms with E-state index in [9.17, 15) is 14.7 Å². The van der Waals surface area contributed by atoms with Crippen molar-refractivity contribution in [3.05, 3.63) is 42.0 Å². The van der Waals surface area contributed by atoms with Gasteiger partial charge in [-0.1, -0.05) is 24.3 Å². The highest BCUT2D eigenvalue weighted by atomic mass is 16.5. The number of carboxylic acid groups (broad SMARTS) is 1. The first-order chi connectivity index (χ1) is 11.5. The first kappa shape index (κ1) is 15.2. The molecule has 6 nitrogen and oxygen atoms in total. The largest absolute Gasteiger partial charge is 0.497 e. The second kappa shape index (κ2) is 5.08. The second-order valence-electron chi connectivity index (χ2n) is 6.65. The summed E-state index contributed by atoms with van der Waals surface area (Å²) in [4.78, 5) is 26.3. The number of carbonyl (C=O) groups is 2. The van der Waals surface area contributed by atoms with Crippen molar-refractivity contribution in [1.82, 2.24) is 4.90 Å². The Hall–Kier alpha value is -2.34. The van der Waals surface area contributed by atoms with Crippen LogP contribution in [0.2, 0.25) is 0 Å². The maximum absolute atomic E-state index is 12.9. The minimum atomic E-state index is -0.969. The number of carboxylic acids is 1. The molecule has 0 aromatic heterocycles. The molecule has 5 atom stereocenters. The SMILES string of the molecule is COc1ccc([C@H](C)N2C[C@]34C=C[C@@H](O3)[C@H](C(=O)O)[C@@H]4C2=O)cc1. The summed E-state index contributed by atoms with van der Waals surface area (Å²) in [5, 5.41) is 9.50. The molecular formula is C18H19NO5. The highest BCUT2D eigenvalue weighted by Gasteiger charge is 2.67. The van der Waals surface area contributed by atoms with E-state index < -0.39 is 29.5 Å². The minimum absolute atomic E-state index is 0.141. The van der Waals surface area contributed by atoms with Crippen molar-refractivity contribution < 1.29 is 24.2 Å². The van der Waals surface area contributed by atoms with Crippen LogP contribution >= 0.6 is 0 Å². The number of ether oxygens (including phenoxy) is 2. The van der Waals surface area contributed by atoms with Crippen LogP contribution in [0.3, 0.4) is 0 Å². The van der Waals surface area contributed by atoms with Gasteiger partial charge in [-0.15, -0.1) is 0 Å². The molecule has 6 heteroatoms. The highest BCUT2D eigenvalue weighted by Crippen LogP contribution is 2.53. The third-order valence-electron chi connectivity index (χ3n) is 5.48. The fourth-order valence-electron chi connectivity index (χ4n) is 4.20. The summed E-state index contributed by atoms with van der Waals surface area (Å²) < 4.78 is 11.1. The zero-order valence-electron chi connectivity index (χ0n) is 13.5. The van der Waals surface area contributed by atoms with Gasteiger partial charge in [-0.25, -0.2) is 0 Å². The lowest BCUT2D eigenvalue weighted by Crippen LogP contribution is -2.39. The number of likely N-dealkylation sites (tertiary alicyclic amines) is 1. The van der Waals surface area contributed by atoms with Crippen molar-refractivity contribution in [2.24, 2.45) is 11.8 Å². The molecule has 0 saturated carbocycles. The van der Waals surface area contributed by atoms with E-state index in [1.54, 1.807) is 18.1 Å². The number of fused-ring (bicyclic) bond motifs is 1. The fraction of sp³-hybridized carbons (Fsp3) is 0.444. The summed E-state index contributed by atoms with van der Waals surface area (Å²) >= 11 is 0. The molecule has 1 aromatic carbocycles. The van der Waals surface area contributed by atoms with Crippen molar-refractivity contribution >= 4 is 11.9 Å². The summed E-state index contributed by atoms with van der Waals surface area (Å²) in [6.07, 6.45) is 3.17. The number of carbonyl (C=O) groups excluding carboxylic acids is 1. The van der Waals surface area contributed by atoms with Gasteiger partial charge < -0.3 is 19.5 Å². The molecule has 1 spiro atoms. The lowest BCUT2D eigenvalue weighted by molar-refractivity contribution is -0.148. The van der Waals surface area contributed by atoms with Gasteiger partial charge in [0.2, 0.25) is 5.91 Å². The quantitative estimate of drug-likeness (QED) is 0.850. The first-order valence-corrected chi connectivity index (χ1v) is 8.01. The number of benzene rings is 1. The number of nitrogens with zero attached hydrogens (tertiary/aromatic N) is 1. The Labute approximate surface area is 139 Å². The van der Waals surface area contributed by atoms with Gasteiger partial charge in [-0.2, -0.15) is 0 Å². The van der Waals surface area contributed by atoms with Gasteiger partial charge in [-0.3, -0.25) is 9.59 Å².